The van der Waals surface area contributed by atoms with Gasteiger partial charge in [0.2, 0.25) is 0 Å². The summed E-state index contributed by atoms with van der Waals surface area (Å²) in [5.41, 5.74) is 4.55. The van der Waals surface area contributed by atoms with Crippen molar-refractivity contribution in [2.24, 2.45) is 0 Å². The molecule has 3 rings (SSSR count). The fourth-order valence-electron chi connectivity index (χ4n) is 3.29. The van der Waals surface area contributed by atoms with E-state index in [1.54, 1.807) is 10.5 Å². The highest BCUT2D eigenvalue weighted by Crippen LogP contribution is 2.30. The molecule has 2 atom stereocenters. The average molecular weight is 252 g/mol. The lowest BCUT2D eigenvalue weighted by molar-refractivity contribution is -0.833. The number of benzene rings is 2. The number of quaternary nitrogens is 1. The third-order valence-corrected chi connectivity index (χ3v) is 4.33. The minimum Gasteiger partial charge on any atom is -0.302 e. The Balaban J connectivity index is 1.88. The molecule has 1 nitrogen and oxygen atoms in total. The van der Waals surface area contributed by atoms with Crippen LogP contribution in [-0.2, 0) is 6.42 Å². The van der Waals surface area contributed by atoms with E-state index < -0.39 is 0 Å². The van der Waals surface area contributed by atoms with Crippen LogP contribution in [0.5, 0.6) is 0 Å². The summed E-state index contributed by atoms with van der Waals surface area (Å²) < 4.78 is 0. The van der Waals surface area contributed by atoms with Gasteiger partial charge < -0.3 is 4.90 Å². The van der Waals surface area contributed by atoms with Crippen LogP contribution in [0.3, 0.4) is 0 Å². The molecular weight excluding hydrogens is 230 g/mol. The van der Waals surface area contributed by atoms with Gasteiger partial charge in [0.25, 0.3) is 0 Å². The first-order valence-corrected chi connectivity index (χ1v) is 7.36. The van der Waals surface area contributed by atoms with Gasteiger partial charge in [-0.1, -0.05) is 48.5 Å². The number of rotatable bonds is 3. The molecular formula is C18H22N+. The summed E-state index contributed by atoms with van der Waals surface area (Å²) in [6.07, 6.45) is 2.48. The van der Waals surface area contributed by atoms with Crippen LogP contribution < -0.4 is 4.90 Å². The van der Waals surface area contributed by atoms with Gasteiger partial charge in [-0.25, -0.2) is 0 Å². The monoisotopic (exact) mass is 252 g/mol. The van der Waals surface area contributed by atoms with Gasteiger partial charge in [-0.2, -0.15) is 0 Å². The molecule has 0 bridgehead atoms. The predicted octanol–water partition coefficient (Wildman–Crippen LogP) is 2.95. The molecule has 2 unspecified atom stereocenters. The largest absolute Gasteiger partial charge is 0.302 e. The first-order valence-electron chi connectivity index (χ1n) is 7.36. The van der Waals surface area contributed by atoms with E-state index in [1.807, 2.05) is 0 Å². The topological polar surface area (TPSA) is 4.44 Å². The van der Waals surface area contributed by atoms with Crippen molar-refractivity contribution in [3.8, 4) is 0 Å². The second-order valence-corrected chi connectivity index (χ2v) is 5.47. The fourth-order valence-corrected chi connectivity index (χ4v) is 3.29. The van der Waals surface area contributed by atoms with Crippen LogP contribution >= 0.6 is 0 Å². The lowest BCUT2D eigenvalue weighted by atomic mass is 9.85. The van der Waals surface area contributed by atoms with Crippen molar-refractivity contribution in [2.75, 3.05) is 13.1 Å². The molecule has 19 heavy (non-hydrogen) atoms. The minimum atomic E-state index is 0.689. The zero-order chi connectivity index (χ0) is 13.1. The van der Waals surface area contributed by atoms with E-state index in [9.17, 15) is 0 Å². The van der Waals surface area contributed by atoms with Gasteiger partial charge in [-0.3, -0.25) is 0 Å². The summed E-state index contributed by atoms with van der Waals surface area (Å²) in [6.45, 7) is 4.74. The van der Waals surface area contributed by atoms with E-state index in [-0.39, 0.29) is 0 Å². The average Bonchev–Trinajstić information content (AvgIpc) is 2.49. The normalized spacial score (nSPS) is 21.9. The van der Waals surface area contributed by atoms with Crippen molar-refractivity contribution in [3.63, 3.8) is 0 Å². The first kappa shape index (κ1) is 12.4. The third-order valence-electron chi connectivity index (χ3n) is 4.33. The molecule has 0 fully saturated rings. The van der Waals surface area contributed by atoms with Crippen LogP contribution in [0.25, 0.3) is 0 Å². The summed E-state index contributed by atoms with van der Waals surface area (Å²) in [5, 5.41) is 0. The summed E-state index contributed by atoms with van der Waals surface area (Å²) in [7, 11) is 0. The molecule has 0 saturated carbocycles. The smallest absolute Gasteiger partial charge is 0.134 e. The minimum absolute atomic E-state index is 0.689. The van der Waals surface area contributed by atoms with Crippen molar-refractivity contribution >= 4 is 5.69 Å². The van der Waals surface area contributed by atoms with Gasteiger partial charge in [0.1, 0.15) is 5.69 Å². The van der Waals surface area contributed by atoms with E-state index in [0.717, 1.165) is 0 Å². The molecule has 1 N–H and O–H groups in total. The molecule has 0 radical (unpaired) electrons. The fraction of sp³-hybridized carbons (Fsp3) is 0.333. The van der Waals surface area contributed by atoms with Crippen molar-refractivity contribution in [3.05, 3.63) is 65.7 Å². The van der Waals surface area contributed by atoms with Crippen LogP contribution in [0, 0.1) is 0 Å². The van der Waals surface area contributed by atoms with Gasteiger partial charge in [0, 0.05) is 12.0 Å². The Morgan fingerprint density at radius 1 is 1.00 bits per heavy atom. The lowest BCUT2D eigenvalue weighted by Crippen LogP contribution is -3.07. The number of hydrogen-bond donors (Lipinski definition) is 1. The molecule has 1 aliphatic rings. The van der Waals surface area contributed by atoms with E-state index in [2.05, 4.69) is 61.5 Å². The highest BCUT2D eigenvalue weighted by molar-refractivity contribution is 5.43. The zero-order valence-electron chi connectivity index (χ0n) is 11.6. The standard InChI is InChI=1S/C18H21N/c1-2-19-13-12-16(14-15-8-4-3-5-9-15)17-10-6-7-11-18(17)19/h3-11,16H,2,12-14H2,1H3/p+1. The van der Waals surface area contributed by atoms with Gasteiger partial charge in [0.05, 0.1) is 13.1 Å². The quantitative estimate of drug-likeness (QED) is 0.856. The SMILES string of the molecule is CC[NH+]1CCC(Cc2ccccc2)c2ccccc21. The van der Waals surface area contributed by atoms with E-state index >= 15 is 0 Å². The number of nitrogens with one attached hydrogen (secondary N) is 1. The van der Waals surface area contributed by atoms with E-state index in [0.29, 0.717) is 5.92 Å². The van der Waals surface area contributed by atoms with Crippen LogP contribution in [0.2, 0.25) is 0 Å². The maximum Gasteiger partial charge on any atom is 0.134 e. The maximum atomic E-state index is 2.33. The van der Waals surface area contributed by atoms with Crippen LogP contribution in [-0.4, -0.2) is 13.1 Å². The Hall–Kier alpha value is -1.60. The maximum absolute atomic E-state index is 2.33. The van der Waals surface area contributed by atoms with Crippen LogP contribution in [0.15, 0.2) is 54.6 Å². The molecule has 1 heteroatoms. The second-order valence-electron chi connectivity index (χ2n) is 5.47. The molecule has 0 aliphatic carbocycles. The Bertz CT molecular complexity index is 532. The summed E-state index contributed by atoms with van der Waals surface area (Å²) in [4.78, 5) is 1.64. The van der Waals surface area contributed by atoms with Crippen LogP contribution in [0.4, 0.5) is 5.69 Å². The predicted molar refractivity (Wildman–Crippen MR) is 80.0 cm³/mol. The van der Waals surface area contributed by atoms with Gasteiger partial charge in [0.15, 0.2) is 0 Å². The first-order chi connectivity index (χ1) is 9.38. The molecule has 0 aromatic heterocycles. The van der Waals surface area contributed by atoms with Crippen molar-refractivity contribution in [1.29, 1.82) is 0 Å². The zero-order valence-corrected chi connectivity index (χ0v) is 11.6. The Labute approximate surface area is 115 Å². The summed E-state index contributed by atoms with van der Waals surface area (Å²) >= 11 is 0. The van der Waals surface area contributed by atoms with Gasteiger partial charge in [-0.15, -0.1) is 0 Å². The third kappa shape index (κ3) is 2.57. The van der Waals surface area contributed by atoms with Crippen LogP contribution in [0.1, 0.15) is 30.4 Å². The lowest BCUT2D eigenvalue weighted by Gasteiger charge is -2.30. The molecule has 0 saturated heterocycles. The molecule has 0 amide bonds. The summed E-state index contributed by atoms with van der Waals surface area (Å²) in [5.74, 6) is 0.689. The number of hydrogen-bond acceptors (Lipinski definition) is 0. The summed E-state index contributed by atoms with van der Waals surface area (Å²) in [6, 6.07) is 19.9. The van der Waals surface area contributed by atoms with Crippen molar-refractivity contribution < 1.29 is 4.90 Å². The molecule has 1 heterocycles. The molecule has 2 aromatic carbocycles. The Morgan fingerprint density at radius 3 is 2.53 bits per heavy atom. The number of fused-ring (bicyclic) bond motifs is 1. The molecule has 98 valence electrons. The Kier molecular flexibility index (Phi) is 3.65. The molecule has 0 spiro atoms. The van der Waals surface area contributed by atoms with Gasteiger partial charge in [-0.05, 0) is 30.9 Å². The van der Waals surface area contributed by atoms with Gasteiger partial charge >= 0.3 is 0 Å². The highest BCUT2D eigenvalue weighted by atomic mass is 15.1. The van der Waals surface area contributed by atoms with E-state index in [4.69, 9.17) is 0 Å². The molecule has 1 aliphatic heterocycles. The Morgan fingerprint density at radius 2 is 1.74 bits per heavy atom. The second kappa shape index (κ2) is 5.58. The van der Waals surface area contributed by atoms with Crippen molar-refractivity contribution in [1.82, 2.24) is 0 Å². The molecule has 2 aromatic rings. The van der Waals surface area contributed by atoms with E-state index in [1.165, 1.54) is 37.2 Å². The highest BCUT2D eigenvalue weighted by Gasteiger charge is 2.27. The number of para-hydroxylation sites is 1. The van der Waals surface area contributed by atoms with Crippen molar-refractivity contribution in [2.45, 2.75) is 25.7 Å².